The molecule has 0 N–H and O–H groups in total. The molecular weight excluding hydrogens is 436 g/mol. The third-order valence-corrected chi connectivity index (χ3v) is 6.98. The van der Waals surface area contributed by atoms with Crippen molar-refractivity contribution in [2.75, 3.05) is 18.0 Å². The first-order valence-electron chi connectivity index (χ1n) is 11.3. The van der Waals surface area contributed by atoms with Crippen LogP contribution in [0.4, 0.5) is 5.82 Å². The van der Waals surface area contributed by atoms with Crippen molar-refractivity contribution in [3.8, 4) is 11.8 Å². The molecular formula is C24H27ClN8. The van der Waals surface area contributed by atoms with Crippen LogP contribution < -0.4 is 4.90 Å². The standard InChI is InChI=1S/C24H27ClN8/c1-16-27-9-6-21(28-16)31-10-7-17(8-11-31)23-30-29-22-14-32(24(2,3)15-26)13-18-12-19(25)4-5-20(18)33(22)23/h4-6,9,12,17H,7-8,10-11,13-14H2,1-3H3. The summed E-state index contributed by atoms with van der Waals surface area (Å²) in [5.41, 5.74) is 1.50. The van der Waals surface area contributed by atoms with Crippen LogP contribution in [0.25, 0.3) is 5.69 Å². The lowest BCUT2D eigenvalue weighted by molar-refractivity contribution is 0.147. The van der Waals surface area contributed by atoms with Crippen LogP contribution >= 0.6 is 11.6 Å². The van der Waals surface area contributed by atoms with Gasteiger partial charge in [0.1, 0.15) is 23.0 Å². The van der Waals surface area contributed by atoms with Crippen molar-refractivity contribution in [1.82, 2.24) is 29.6 Å². The fourth-order valence-corrected chi connectivity index (χ4v) is 4.94. The SMILES string of the molecule is Cc1nccc(N2CCC(c3nnc4n3-c3ccc(Cl)cc3CN(C(C)(C)C#N)C4)CC2)n1. The number of nitriles is 1. The van der Waals surface area contributed by atoms with Crippen molar-refractivity contribution in [2.24, 2.45) is 0 Å². The molecule has 0 bridgehead atoms. The van der Waals surface area contributed by atoms with E-state index in [1.54, 1.807) is 0 Å². The Balaban J connectivity index is 1.47. The topological polar surface area (TPSA) is 86.8 Å². The van der Waals surface area contributed by atoms with Crippen LogP contribution in [0.15, 0.2) is 30.5 Å². The molecule has 1 fully saturated rings. The van der Waals surface area contributed by atoms with Gasteiger partial charge in [-0.3, -0.25) is 9.47 Å². The molecule has 8 nitrogen and oxygen atoms in total. The minimum absolute atomic E-state index is 0.296. The monoisotopic (exact) mass is 462 g/mol. The number of piperidine rings is 1. The molecule has 4 heterocycles. The molecule has 2 aliphatic rings. The Morgan fingerprint density at radius 1 is 1.12 bits per heavy atom. The van der Waals surface area contributed by atoms with Gasteiger partial charge < -0.3 is 4.90 Å². The van der Waals surface area contributed by atoms with Crippen molar-refractivity contribution in [2.45, 2.75) is 58.2 Å². The highest BCUT2D eigenvalue weighted by Gasteiger charge is 2.34. The van der Waals surface area contributed by atoms with Gasteiger partial charge in [-0.15, -0.1) is 10.2 Å². The molecule has 0 amide bonds. The Kier molecular flexibility index (Phi) is 5.55. The summed E-state index contributed by atoms with van der Waals surface area (Å²) in [5, 5.41) is 19.7. The molecule has 0 aliphatic carbocycles. The van der Waals surface area contributed by atoms with Crippen LogP contribution in [0, 0.1) is 18.3 Å². The van der Waals surface area contributed by atoms with E-state index in [-0.39, 0.29) is 0 Å². The Morgan fingerprint density at radius 2 is 1.91 bits per heavy atom. The van der Waals surface area contributed by atoms with Gasteiger partial charge in [-0.25, -0.2) is 9.97 Å². The molecule has 9 heteroatoms. The number of aryl methyl sites for hydroxylation is 1. The molecule has 2 aromatic heterocycles. The molecule has 0 unspecified atom stereocenters. The highest BCUT2D eigenvalue weighted by molar-refractivity contribution is 6.30. The van der Waals surface area contributed by atoms with Crippen molar-refractivity contribution in [3.05, 3.63) is 58.5 Å². The summed E-state index contributed by atoms with van der Waals surface area (Å²) >= 11 is 6.36. The highest BCUT2D eigenvalue weighted by atomic mass is 35.5. The van der Waals surface area contributed by atoms with Crippen LogP contribution in [0.2, 0.25) is 5.02 Å². The van der Waals surface area contributed by atoms with Gasteiger partial charge in [0.2, 0.25) is 0 Å². The van der Waals surface area contributed by atoms with Crippen LogP contribution in [0.5, 0.6) is 0 Å². The lowest BCUT2D eigenvalue weighted by atomic mass is 9.95. The fraction of sp³-hybridized carbons (Fsp3) is 0.458. The highest BCUT2D eigenvalue weighted by Crippen LogP contribution is 2.35. The predicted octanol–water partition coefficient (Wildman–Crippen LogP) is 4.02. The average molecular weight is 463 g/mol. The van der Waals surface area contributed by atoms with Gasteiger partial charge >= 0.3 is 0 Å². The molecule has 2 aliphatic heterocycles. The van der Waals surface area contributed by atoms with Gasteiger partial charge in [-0.1, -0.05) is 11.6 Å². The van der Waals surface area contributed by atoms with E-state index in [2.05, 4.69) is 46.7 Å². The average Bonchev–Trinajstić information content (AvgIpc) is 3.14. The Bertz CT molecular complexity index is 1220. The number of rotatable bonds is 3. The summed E-state index contributed by atoms with van der Waals surface area (Å²) in [6.07, 6.45) is 3.76. The maximum atomic E-state index is 9.76. The number of hydrogen-bond donors (Lipinski definition) is 0. The lowest BCUT2D eigenvalue weighted by Gasteiger charge is -2.32. The molecule has 33 heavy (non-hydrogen) atoms. The fourth-order valence-electron chi connectivity index (χ4n) is 4.74. The lowest BCUT2D eigenvalue weighted by Crippen LogP contribution is -2.41. The summed E-state index contributed by atoms with van der Waals surface area (Å²) in [4.78, 5) is 13.2. The Hall–Kier alpha value is -3.02. The first-order chi connectivity index (χ1) is 15.9. The molecule has 1 aromatic carbocycles. The maximum Gasteiger partial charge on any atom is 0.151 e. The minimum atomic E-state index is -0.637. The summed E-state index contributed by atoms with van der Waals surface area (Å²) in [5.74, 6) is 3.92. The summed E-state index contributed by atoms with van der Waals surface area (Å²) in [6, 6.07) is 10.4. The van der Waals surface area contributed by atoms with Crippen LogP contribution in [-0.2, 0) is 13.1 Å². The smallest absolute Gasteiger partial charge is 0.151 e. The first kappa shape index (κ1) is 21.8. The van der Waals surface area contributed by atoms with E-state index in [1.165, 1.54) is 0 Å². The second-order valence-corrected chi connectivity index (χ2v) is 9.77. The maximum absolute atomic E-state index is 9.76. The number of benzene rings is 1. The van der Waals surface area contributed by atoms with Gasteiger partial charge in [0.05, 0.1) is 18.3 Å². The largest absolute Gasteiger partial charge is 0.356 e. The van der Waals surface area contributed by atoms with Crippen molar-refractivity contribution < 1.29 is 0 Å². The van der Waals surface area contributed by atoms with E-state index < -0.39 is 5.54 Å². The zero-order chi connectivity index (χ0) is 23.2. The second kappa shape index (κ2) is 8.40. The van der Waals surface area contributed by atoms with Gasteiger partial charge in [-0.2, -0.15) is 5.26 Å². The van der Waals surface area contributed by atoms with E-state index in [0.29, 0.717) is 24.0 Å². The van der Waals surface area contributed by atoms with Crippen molar-refractivity contribution in [1.29, 1.82) is 5.26 Å². The van der Waals surface area contributed by atoms with Gasteiger partial charge in [0.15, 0.2) is 5.82 Å². The molecule has 0 atom stereocenters. The second-order valence-electron chi connectivity index (χ2n) is 9.33. The van der Waals surface area contributed by atoms with E-state index >= 15 is 0 Å². The predicted molar refractivity (Wildman–Crippen MR) is 126 cm³/mol. The van der Waals surface area contributed by atoms with Crippen LogP contribution in [0.1, 0.15) is 55.6 Å². The van der Waals surface area contributed by atoms with E-state index in [0.717, 1.165) is 60.5 Å². The quantitative estimate of drug-likeness (QED) is 0.580. The number of anilines is 1. The molecule has 3 aromatic rings. The van der Waals surface area contributed by atoms with E-state index in [9.17, 15) is 5.26 Å². The van der Waals surface area contributed by atoms with Gasteiger partial charge in [0.25, 0.3) is 0 Å². The van der Waals surface area contributed by atoms with Gasteiger partial charge in [-0.05, 0) is 63.4 Å². The normalized spacial score (nSPS) is 17.2. The number of hydrogen-bond acceptors (Lipinski definition) is 7. The van der Waals surface area contributed by atoms with Crippen LogP contribution in [-0.4, -0.2) is 48.3 Å². The number of halogens is 1. The van der Waals surface area contributed by atoms with Gasteiger partial charge in [0, 0.05) is 36.8 Å². The molecule has 0 saturated carbocycles. The van der Waals surface area contributed by atoms with E-state index in [1.807, 2.05) is 45.2 Å². The molecule has 0 radical (unpaired) electrons. The Morgan fingerprint density at radius 3 is 2.64 bits per heavy atom. The van der Waals surface area contributed by atoms with Crippen LogP contribution in [0.3, 0.4) is 0 Å². The summed E-state index contributed by atoms with van der Waals surface area (Å²) in [6.45, 7) is 8.80. The third kappa shape index (κ3) is 4.07. The summed E-state index contributed by atoms with van der Waals surface area (Å²) < 4.78 is 2.20. The van der Waals surface area contributed by atoms with E-state index in [4.69, 9.17) is 11.6 Å². The third-order valence-electron chi connectivity index (χ3n) is 6.74. The molecule has 5 rings (SSSR count). The summed E-state index contributed by atoms with van der Waals surface area (Å²) in [7, 11) is 0. The number of nitrogens with zero attached hydrogens (tertiary/aromatic N) is 8. The first-order valence-corrected chi connectivity index (χ1v) is 11.7. The zero-order valence-electron chi connectivity index (χ0n) is 19.2. The Labute approximate surface area is 198 Å². The minimum Gasteiger partial charge on any atom is -0.356 e. The molecule has 0 spiro atoms. The van der Waals surface area contributed by atoms with Crippen molar-refractivity contribution >= 4 is 17.4 Å². The number of fused-ring (bicyclic) bond motifs is 3. The zero-order valence-corrected chi connectivity index (χ0v) is 19.9. The van der Waals surface area contributed by atoms with Crippen molar-refractivity contribution in [3.63, 3.8) is 0 Å². The molecule has 1 saturated heterocycles. The number of aromatic nitrogens is 5. The molecule has 170 valence electrons.